The van der Waals surface area contributed by atoms with E-state index >= 15 is 0 Å². The van der Waals surface area contributed by atoms with Crippen LogP contribution in [-0.2, 0) is 11.2 Å². The largest absolute Gasteiger partial charge is 0.397 e. The van der Waals surface area contributed by atoms with Crippen molar-refractivity contribution in [3.05, 3.63) is 57.8 Å². The molecular weight excluding hydrogens is 332 g/mol. The molecule has 0 spiro atoms. The number of carbonyl (C=O) groups is 1. The minimum Gasteiger partial charge on any atom is -0.397 e. The molecule has 1 aromatic rings. The Kier molecular flexibility index (Phi) is 6.95. The Balaban J connectivity index is 2.52. The maximum atomic E-state index is 12.2. The number of fused-ring (bicyclic) bond motifs is 1. The van der Waals surface area contributed by atoms with Crippen LogP contribution in [0.4, 0.5) is 5.69 Å². The standard InChI is InChI=1S/C24H32N2O/c1-7-17(10-12-20(15(4)5)23(27)9-3)18-11-13-22-21(14-18)19(8-2)24(25)16(6)26-22/h7,10,12-15,18H,1,8-9,11,25H2,2-6H3/b17-10+,20-12+. The molecule has 1 aliphatic carbocycles. The molecule has 3 nitrogen and oxygen atoms in total. The molecule has 0 saturated carbocycles. The molecule has 0 radical (unpaired) electrons. The van der Waals surface area contributed by atoms with Crippen LogP contribution in [0.15, 0.2) is 36.0 Å². The van der Waals surface area contributed by atoms with E-state index < -0.39 is 0 Å². The molecular formula is C24H32N2O. The molecule has 144 valence electrons. The van der Waals surface area contributed by atoms with Gasteiger partial charge in [-0.3, -0.25) is 9.78 Å². The number of rotatable bonds is 7. The van der Waals surface area contributed by atoms with E-state index in [0.29, 0.717) is 6.42 Å². The van der Waals surface area contributed by atoms with Crippen LogP contribution in [0.1, 0.15) is 51.8 Å². The molecule has 27 heavy (non-hydrogen) atoms. The summed E-state index contributed by atoms with van der Waals surface area (Å²) < 4.78 is 0. The first kappa shape index (κ1) is 20.9. The van der Waals surface area contributed by atoms with E-state index in [9.17, 15) is 4.79 Å². The quantitative estimate of drug-likeness (QED) is 0.591. The van der Waals surface area contributed by atoms with Crippen LogP contribution in [-0.4, -0.2) is 10.8 Å². The third kappa shape index (κ3) is 4.47. The number of hydrogen-bond donors (Lipinski definition) is 1. The summed E-state index contributed by atoms with van der Waals surface area (Å²) in [6.07, 6.45) is 12.6. The molecule has 1 unspecified atom stereocenters. The Morgan fingerprint density at radius 2 is 2.07 bits per heavy atom. The number of nitrogens with zero attached hydrogens (tertiary/aromatic N) is 1. The van der Waals surface area contributed by atoms with Gasteiger partial charge in [-0.25, -0.2) is 0 Å². The second-order valence-corrected chi connectivity index (χ2v) is 7.38. The second-order valence-electron chi connectivity index (χ2n) is 7.38. The highest BCUT2D eigenvalue weighted by Gasteiger charge is 2.16. The van der Waals surface area contributed by atoms with Gasteiger partial charge in [0, 0.05) is 17.6 Å². The van der Waals surface area contributed by atoms with Gasteiger partial charge in [0.1, 0.15) is 0 Å². The molecule has 1 aliphatic rings. The molecule has 0 fully saturated rings. The molecule has 3 heteroatoms. The van der Waals surface area contributed by atoms with Gasteiger partial charge >= 0.3 is 0 Å². The average molecular weight is 365 g/mol. The van der Waals surface area contributed by atoms with Gasteiger partial charge in [-0.05, 0) is 42.4 Å². The second kappa shape index (κ2) is 8.98. The molecule has 2 rings (SSSR count). The summed E-state index contributed by atoms with van der Waals surface area (Å²) in [7, 11) is 0. The van der Waals surface area contributed by atoms with Gasteiger partial charge in [-0.15, -0.1) is 0 Å². The number of carbonyl (C=O) groups excluding carboxylic acids is 1. The molecule has 0 amide bonds. The number of ketones is 1. The molecule has 1 atom stereocenters. The van der Waals surface area contributed by atoms with E-state index in [0.717, 1.165) is 45.9 Å². The zero-order chi connectivity index (χ0) is 20.1. The van der Waals surface area contributed by atoms with Crippen molar-refractivity contribution in [2.45, 2.75) is 53.9 Å². The lowest BCUT2D eigenvalue weighted by Gasteiger charge is -2.18. The number of Topliss-reactive ketones (excluding diaryl/α,β-unsaturated/α-hetero) is 1. The number of aryl methyl sites for hydroxylation is 1. The van der Waals surface area contributed by atoms with Crippen LogP contribution in [0.25, 0.3) is 12.2 Å². The summed E-state index contributed by atoms with van der Waals surface area (Å²) in [4.78, 5) is 16.8. The van der Waals surface area contributed by atoms with E-state index in [4.69, 9.17) is 5.73 Å². The summed E-state index contributed by atoms with van der Waals surface area (Å²) in [5.41, 5.74) is 11.1. The van der Waals surface area contributed by atoms with Crippen molar-refractivity contribution in [2.24, 2.45) is 11.8 Å². The normalized spacial score (nSPS) is 17.2. The highest BCUT2D eigenvalue weighted by atomic mass is 16.1. The Labute approximate surface area is 163 Å². The summed E-state index contributed by atoms with van der Waals surface area (Å²) in [6, 6.07) is 0. The first-order valence-electron chi connectivity index (χ1n) is 9.88. The van der Waals surface area contributed by atoms with Crippen LogP contribution in [0.3, 0.4) is 0 Å². The predicted octanol–water partition coefficient (Wildman–Crippen LogP) is 3.79. The predicted molar refractivity (Wildman–Crippen MR) is 116 cm³/mol. The number of anilines is 1. The molecule has 1 heterocycles. The number of pyridine rings is 1. The Morgan fingerprint density at radius 1 is 1.37 bits per heavy atom. The van der Waals surface area contributed by atoms with E-state index in [-0.39, 0.29) is 17.6 Å². The fraction of sp³-hybridized carbons (Fsp3) is 0.417. The highest BCUT2D eigenvalue weighted by Crippen LogP contribution is 2.23. The minimum atomic E-state index is 0.204. The SMILES string of the molecule is C=C/C(=C\C=C(\C(=O)CC)C(C)C)C1C=c2c(CC)c(N)c(C)nc2=CC1. The molecule has 1 aromatic heterocycles. The van der Waals surface area contributed by atoms with Crippen molar-refractivity contribution in [1.29, 1.82) is 0 Å². The van der Waals surface area contributed by atoms with Gasteiger partial charge in [0.05, 0.1) is 16.7 Å². The van der Waals surface area contributed by atoms with Crippen molar-refractivity contribution in [3.8, 4) is 0 Å². The van der Waals surface area contributed by atoms with Crippen molar-refractivity contribution in [2.75, 3.05) is 5.73 Å². The van der Waals surface area contributed by atoms with E-state index in [1.807, 2.05) is 32.1 Å². The van der Waals surface area contributed by atoms with Crippen LogP contribution < -0.4 is 16.3 Å². The summed E-state index contributed by atoms with van der Waals surface area (Å²) in [6.45, 7) is 14.1. The number of allylic oxidation sites excluding steroid dienone is 5. The van der Waals surface area contributed by atoms with Gasteiger partial charge < -0.3 is 5.73 Å². The van der Waals surface area contributed by atoms with Crippen molar-refractivity contribution < 1.29 is 4.79 Å². The lowest BCUT2D eigenvalue weighted by Crippen LogP contribution is -2.37. The Bertz CT molecular complexity index is 917. The molecule has 0 bridgehead atoms. The lowest BCUT2D eigenvalue weighted by atomic mass is 9.88. The van der Waals surface area contributed by atoms with Crippen LogP contribution in [0.2, 0.25) is 0 Å². The molecule has 2 N–H and O–H groups in total. The van der Waals surface area contributed by atoms with E-state index in [2.05, 4.69) is 44.5 Å². The fourth-order valence-corrected chi connectivity index (χ4v) is 3.62. The third-order valence-electron chi connectivity index (χ3n) is 5.27. The van der Waals surface area contributed by atoms with E-state index in [1.165, 1.54) is 5.56 Å². The van der Waals surface area contributed by atoms with Gasteiger partial charge in [0.25, 0.3) is 0 Å². The maximum absolute atomic E-state index is 12.2. The highest BCUT2D eigenvalue weighted by molar-refractivity contribution is 5.95. The van der Waals surface area contributed by atoms with Crippen LogP contribution in [0.5, 0.6) is 0 Å². The van der Waals surface area contributed by atoms with Crippen molar-refractivity contribution in [1.82, 2.24) is 4.98 Å². The van der Waals surface area contributed by atoms with E-state index in [1.54, 1.807) is 0 Å². The minimum absolute atomic E-state index is 0.204. The summed E-state index contributed by atoms with van der Waals surface area (Å²) in [5.74, 6) is 0.626. The first-order valence-corrected chi connectivity index (χ1v) is 9.88. The maximum Gasteiger partial charge on any atom is 0.158 e. The zero-order valence-corrected chi connectivity index (χ0v) is 17.3. The fourth-order valence-electron chi connectivity index (χ4n) is 3.62. The average Bonchev–Trinajstić information content (AvgIpc) is 2.65. The van der Waals surface area contributed by atoms with Gasteiger partial charge in [-0.1, -0.05) is 64.7 Å². The lowest BCUT2D eigenvalue weighted by molar-refractivity contribution is -0.115. The monoisotopic (exact) mass is 364 g/mol. The molecule has 0 aliphatic heterocycles. The summed E-state index contributed by atoms with van der Waals surface area (Å²) >= 11 is 0. The van der Waals surface area contributed by atoms with Crippen molar-refractivity contribution >= 4 is 23.6 Å². The van der Waals surface area contributed by atoms with Crippen LogP contribution in [0, 0.1) is 18.8 Å². The van der Waals surface area contributed by atoms with Gasteiger partial charge in [-0.2, -0.15) is 0 Å². The topological polar surface area (TPSA) is 56.0 Å². The molecule has 0 saturated heterocycles. The smallest absolute Gasteiger partial charge is 0.158 e. The van der Waals surface area contributed by atoms with Gasteiger partial charge in [0.2, 0.25) is 0 Å². The zero-order valence-electron chi connectivity index (χ0n) is 17.3. The summed E-state index contributed by atoms with van der Waals surface area (Å²) in [5, 5.41) is 2.17. The number of nitrogens with two attached hydrogens (primary N) is 1. The Morgan fingerprint density at radius 3 is 2.63 bits per heavy atom. The number of hydrogen-bond acceptors (Lipinski definition) is 3. The number of aromatic nitrogens is 1. The van der Waals surface area contributed by atoms with Crippen molar-refractivity contribution in [3.63, 3.8) is 0 Å². The first-order chi connectivity index (χ1) is 12.8. The number of nitrogen functional groups attached to an aromatic ring is 1. The van der Waals surface area contributed by atoms with Crippen LogP contribution >= 0.6 is 0 Å². The van der Waals surface area contributed by atoms with Gasteiger partial charge in [0.15, 0.2) is 5.78 Å². The third-order valence-corrected chi connectivity index (χ3v) is 5.27. The Hall–Kier alpha value is -2.42. The molecule has 0 aromatic carbocycles.